The first-order valence-corrected chi connectivity index (χ1v) is 10.9. The molecule has 0 bridgehead atoms. The fourth-order valence-electron chi connectivity index (χ4n) is 5.06. The maximum Gasteiger partial charge on any atom is 0.129 e. The molecule has 152 valence electrons. The van der Waals surface area contributed by atoms with Crippen molar-refractivity contribution in [3.8, 4) is 0 Å². The zero-order chi connectivity index (χ0) is 19.8. The Morgan fingerprint density at radius 3 is 2.86 bits per heavy atom. The highest BCUT2D eigenvalue weighted by molar-refractivity contribution is 5.85. The van der Waals surface area contributed by atoms with Crippen molar-refractivity contribution in [1.82, 2.24) is 14.5 Å². The average molecular weight is 391 g/mol. The number of fused-ring (bicyclic) bond motifs is 2. The molecule has 1 fully saturated rings. The second-order valence-corrected chi connectivity index (χ2v) is 8.55. The summed E-state index contributed by atoms with van der Waals surface area (Å²) in [7, 11) is 1.75. The van der Waals surface area contributed by atoms with E-state index in [-0.39, 0.29) is 0 Å². The first-order chi connectivity index (χ1) is 14.2. The van der Waals surface area contributed by atoms with Crippen molar-refractivity contribution in [3.63, 3.8) is 0 Å². The van der Waals surface area contributed by atoms with E-state index in [1.165, 1.54) is 60.0 Å². The molecule has 2 aromatic heterocycles. The molecule has 5 heteroatoms. The molecule has 5 nitrogen and oxygen atoms in total. The maximum absolute atomic E-state index is 5.26. The van der Waals surface area contributed by atoms with Crippen LogP contribution in [0.4, 0.5) is 5.82 Å². The molecule has 29 heavy (non-hydrogen) atoms. The molecule has 0 N–H and O–H groups in total. The van der Waals surface area contributed by atoms with E-state index in [1.54, 1.807) is 7.11 Å². The second-order valence-electron chi connectivity index (χ2n) is 8.55. The van der Waals surface area contributed by atoms with Gasteiger partial charge in [0.15, 0.2) is 0 Å². The predicted octanol–water partition coefficient (Wildman–Crippen LogP) is 4.26. The molecule has 1 unspecified atom stereocenters. The summed E-state index contributed by atoms with van der Waals surface area (Å²) in [5.74, 6) is 2.74. The van der Waals surface area contributed by atoms with E-state index in [9.17, 15) is 0 Å². The van der Waals surface area contributed by atoms with E-state index >= 15 is 0 Å². The Labute approximate surface area is 172 Å². The topological polar surface area (TPSA) is 43.2 Å². The molecular weight excluding hydrogens is 360 g/mol. The van der Waals surface area contributed by atoms with Crippen molar-refractivity contribution < 1.29 is 4.74 Å². The van der Waals surface area contributed by atoms with E-state index in [2.05, 4.69) is 45.8 Å². The third-order valence-corrected chi connectivity index (χ3v) is 6.61. The van der Waals surface area contributed by atoms with Crippen molar-refractivity contribution in [1.29, 1.82) is 0 Å². The molecule has 1 aliphatic carbocycles. The van der Waals surface area contributed by atoms with Crippen LogP contribution in [0.15, 0.2) is 30.6 Å². The minimum atomic E-state index is 0.438. The molecule has 0 spiro atoms. The summed E-state index contributed by atoms with van der Waals surface area (Å²) < 4.78 is 7.51. The number of hydrogen-bond acceptors (Lipinski definition) is 4. The zero-order valence-corrected chi connectivity index (χ0v) is 17.5. The second kappa shape index (κ2) is 7.79. The number of anilines is 1. The van der Waals surface area contributed by atoms with Crippen LogP contribution in [0, 0.1) is 6.92 Å². The standard InChI is InChI=1S/C24H30N4O/c1-17-13-23(26-22-15-19-6-3-5-18(19)14-21(17)22)28-9-4-7-20(16-28)24-25-8-10-27(24)11-12-29-2/h8,10,13-15,20H,3-7,9,11-12,16H2,1-2H3. The Bertz CT molecular complexity index is 1030. The summed E-state index contributed by atoms with van der Waals surface area (Å²) in [5, 5.41) is 1.32. The fourth-order valence-corrected chi connectivity index (χ4v) is 5.06. The smallest absolute Gasteiger partial charge is 0.129 e. The Hall–Kier alpha value is -2.40. The van der Waals surface area contributed by atoms with Gasteiger partial charge in [-0.1, -0.05) is 0 Å². The number of benzene rings is 1. The molecule has 1 atom stereocenters. The van der Waals surface area contributed by atoms with Gasteiger partial charge in [0.05, 0.1) is 12.1 Å². The van der Waals surface area contributed by atoms with Gasteiger partial charge in [-0.25, -0.2) is 9.97 Å². The lowest BCUT2D eigenvalue weighted by Crippen LogP contribution is -2.36. The first-order valence-electron chi connectivity index (χ1n) is 10.9. The third kappa shape index (κ3) is 3.52. The summed E-state index contributed by atoms with van der Waals surface area (Å²) in [6.45, 7) is 5.86. The maximum atomic E-state index is 5.26. The summed E-state index contributed by atoms with van der Waals surface area (Å²) >= 11 is 0. The number of pyridine rings is 1. The van der Waals surface area contributed by atoms with Crippen molar-refractivity contribution in [2.75, 3.05) is 31.7 Å². The quantitative estimate of drug-likeness (QED) is 0.653. The summed E-state index contributed by atoms with van der Waals surface area (Å²) in [5.41, 5.74) is 5.52. The van der Waals surface area contributed by atoms with Gasteiger partial charge in [-0.15, -0.1) is 0 Å². The normalized spacial score (nSPS) is 19.1. The van der Waals surface area contributed by atoms with Crippen LogP contribution in [-0.4, -0.2) is 41.3 Å². The molecular formula is C24H30N4O. The minimum absolute atomic E-state index is 0.438. The number of aromatic nitrogens is 3. The number of rotatable bonds is 5. The van der Waals surface area contributed by atoms with E-state index in [4.69, 9.17) is 9.72 Å². The van der Waals surface area contributed by atoms with Crippen LogP contribution in [0.1, 0.15) is 47.7 Å². The van der Waals surface area contributed by atoms with Crippen molar-refractivity contribution in [3.05, 3.63) is 53.1 Å². The summed E-state index contributed by atoms with van der Waals surface area (Å²) in [6.07, 6.45) is 10.0. The van der Waals surface area contributed by atoms with E-state index < -0.39 is 0 Å². The van der Waals surface area contributed by atoms with Crippen LogP contribution in [0.3, 0.4) is 0 Å². The van der Waals surface area contributed by atoms with Gasteiger partial charge >= 0.3 is 0 Å². The summed E-state index contributed by atoms with van der Waals surface area (Å²) in [4.78, 5) is 12.3. The Balaban J connectivity index is 1.43. The number of methoxy groups -OCH3 is 1. The van der Waals surface area contributed by atoms with Gasteiger partial charge in [0, 0.05) is 50.4 Å². The van der Waals surface area contributed by atoms with Crippen molar-refractivity contribution in [2.45, 2.75) is 51.5 Å². The molecule has 1 aliphatic heterocycles. The van der Waals surface area contributed by atoms with Crippen LogP contribution < -0.4 is 4.90 Å². The minimum Gasteiger partial charge on any atom is -0.383 e. The van der Waals surface area contributed by atoms with Gasteiger partial charge in [0.25, 0.3) is 0 Å². The average Bonchev–Trinajstić information content (AvgIpc) is 3.40. The van der Waals surface area contributed by atoms with Gasteiger partial charge < -0.3 is 14.2 Å². The van der Waals surface area contributed by atoms with Crippen molar-refractivity contribution in [2.24, 2.45) is 0 Å². The Morgan fingerprint density at radius 2 is 2.00 bits per heavy atom. The lowest BCUT2D eigenvalue weighted by atomic mass is 9.96. The Morgan fingerprint density at radius 1 is 1.14 bits per heavy atom. The van der Waals surface area contributed by atoms with E-state index in [0.717, 1.165) is 37.6 Å². The SMILES string of the molecule is COCCn1ccnc1C1CCCN(c2cc(C)c3cc4c(cc3n2)CCC4)C1. The molecule has 3 heterocycles. The number of nitrogens with zero attached hydrogens (tertiary/aromatic N) is 4. The lowest BCUT2D eigenvalue weighted by molar-refractivity contribution is 0.185. The van der Waals surface area contributed by atoms with Crippen LogP contribution in [-0.2, 0) is 24.1 Å². The molecule has 1 aromatic carbocycles. The van der Waals surface area contributed by atoms with Crippen LogP contribution >= 0.6 is 0 Å². The van der Waals surface area contributed by atoms with Crippen LogP contribution in [0.5, 0.6) is 0 Å². The van der Waals surface area contributed by atoms with E-state index in [1.807, 2.05) is 6.20 Å². The van der Waals surface area contributed by atoms with Gasteiger partial charge in [-0.05, 0) is 73.9 Å². The van der Waals surface area contributed by atoms with Gasteiger partial charge in [-0.3, -0.25) is 0 Å². The van der Waals surface area contributed by atoms with Crippen LogP contribution in [0.2, 0.25) is 0 Å². The van der Waals surface area contributed by atoms with Gasteiger partial charge in [0.1, 0.15) is 11.6 Å². The summed E-state index contributed by atoms with van der Waals surface area (Å²) in [6, 6.07) is 7.01. The predicted molar refractivity (Wildman–Crippen MR) is 117 cm³/mol. The number of piperidine rings is 1. The monoisotopic (exact) mass is 390 g/mol. The molecule has 0 amide bonds. The third-order valence-electron chi connectivity index (χ3n) is 6.61. The fraction of sp³-hybridized carbons (Fsp3) is 0.500. The number of ether oxygens (including phenoxy) is 1. The largest absolute Gasteiger partial charge is 0.383 e. The molecule has 0 radical (unpaired) electrons. The number of aryl methyl sites for hydroxylation is 3. The number of imidazole rings is 1. The first kappa shape index (κ1) is 18.6. The highest BCUT2D eigenvalue weighted by Gasteiger charge is 2.26. The molecule has 1 saturated heterocycles. The van der Waals surface area contributed by atoms with Crippen LogP contribution in [0.25, 0.3) is 10.9 Å². The molecule has 5 rings (SSSR count). The van der Waals surface area contributed by atoms with Gasteiger partial charge in [-0.2, -0.15) is 0 Å². The highest BCUT2D eigenvalue weighted by Crippen LogP contribution is 2.33. The van der Waals surface area contributed by atoms with E-state index in [0.29, 0.717) is 5.92 Å². The van der Waals surface area contributed by atoms with Crippen molar-refractivity contribution >= 4 is 16.7 Å². The van der Waals surface area contributed by atoms with Gasteiger partial charge in [0.2, 0.25) is 0 Å². The zero-order valence-electron chi connectivity index (χ0n) is 17.5. The molecule has 2 aliphatic rings. The Kier molecular flexibility index (Phi) is 5.00. The highest BCUT2D eigenvalue weighted by atomic mass is 16.5. The molecule has 0 saturated carbocycles. The molecule has 3 aromatic rings. The number of hydrogen-bond donors (Lipinski definition) is 0. The lowest BCUT2D eigenvalue weighted by Gasteiger charge is -2.34.